The lowest BCUT2D eigenvalue weighted by atomic mass is 10.1. The van der Waals surface area contributed by atoms with Crippen LogP contribution in [0.5, 0.6) is 0 Å². The molecule has 2 aromatic carbocycles. The summed E-state index contributed by atoms with van der Waals surface area (Å²) in [6.45, 7) is 1.26. The van der Waals surface area contributed by atoms with E-state index in [1.54, 1.807) is 6.33 Å². The van der Waals surface area contributed by atoms with Gasteiger partial charge in [0.05, 0.1) is 5.52 Å². The minimum atomic E-state index is -0.235. The van der Waals surface area contributed by atoms with Gasteiger partial charge in [0.2, 0.25) is 5.91 Å². The van der Waals surface area contributed by atoms with Gasteiger partial charge in [0.25, 0.3) is 0 Å². The first kappa shape index (κ1) is 18.2. The number of benzene rings is 2. The zero-order valence-corrected chi connectivity index (χ0v) is 16.3. The smallest absolute Gasteiger partial charge is 0.243 e. The van der Waals surface area contributed by atoms with E-state index in [-0.39, 0.29) is 11.9 Å². The quantitative estimate of drug-likeness (QED) is 0.535. The summed E-state index contributed by atoms with van der Waals surface area (Å²) in [7, 11) is 0. The molecule has 1 fully saturated rings. The number of aromatic amines is 1. The van der Waals surface area contributed by atoms with E-state index in [0.717, 1.165) is 47.2 Å². The molecule has 1 aliphatic heterocycles. The molecule has 0 aliphatic carbocycles. The molecule has 0 bridgehead atoms. The largest absolute Gasteiger partial charge is 0.350 e. The molecule has 1 aliphatic rings. The van der Waals surface area contributed by atoms with Gasteiger partial charge in [0, 0.05) is 24.0 Å². The zero-order valence-electron chi connectivity index (χ0n) is 16.3. The average molecular weight is 399 g/mol. The molecule has 1 saturated heterocycles. The number of aromatic nitrogens is 5. The van der Waals surface area contributed by atoms with Gasteiger partial charge in [0.15, 0.2) is 5.82 Å². The van der Waals surface area contributed by atoms with Gasteiger partial charge >= 0.3 is 0 Å². The fraction of sp³-hybridized carbons (Fsp3) is 0.227. The predicted molar refractivity (Wildman–Crippen MR) is 114 cm³/mol. The number of carbonyl (C=O) groups excluding carboxylic acids is 1. The molecule has 150 valence electrons. The van der Waals surface area contributed by atoms with Crippen LogP contribution in [0.1, 0.15) is 18.4 Å². The highest BCUT2D eigenvalue weighted by atomic mass is 16.2. The van der Waals surface area contributed by atoms with Crippen LogP contribution >= 0.6 is 0 Å². The summed E-state index contributed by atoms with van der Waals surface area (Å²) in [6, 6.07) is 15.6. The molecule has 2 aromatic heterocycles. The van der Waals surface area contributed by atoms with E-state index >= 15 is 0 Å². The molecular weight excluding hydrogens is 378 g/mol. The van der Waals surface area contributed by atoms with Crippen LogP contribution in [0.3, 0.4) is 0 Å². The first-order chi connectivity index (χ1) is 14.8. The molecule has 0 radical (unpaired) electrons. The van der Waals surface area contributed by atoms with Crippen LogP contribution in [0, 0.1) is 0 Å². The Morgan fingerprint density at radius 2 is 2.03 bits per heavy atom. The standard InChI is InChI=1S/C22H21N7O/c30-22(23-12-15-5-3-6-16(11-15)20-25-14-27-28-20)19-9-4-10-29(19)21-17-7-1-2-8-18(17)24-13-26-21/h1-3,5-8,11,13-14,19H,4,9-10,12H2,(H,23,30)(H,25,27,28)/t19-/m1/s1. The molecule has 2 N–H and O–H groups in total. The number of para-hydroxylation sites is 1. The molecule has 1 amide bonds. The van der Waals surface area contributed by atoms with Crippen molar-refractivity contribution in [3.63, 3.8) is 0 Å². The van der Waals surface area contributed by atoms with Crippen molar-refractivity contribution < 1.29 is 4.79 Å². The third-order valence-electron chi connectivity index (χ3n) is 5.43. The van der Waals surface area contributed by atoms with Gasteiger partial charge in [-0.15, -0.1) is 0 Å². The highest BCUT2D eigenvalue weighted by molar-refractivity contribution is 5.93. The van der Waals surface area contributed by atoms with E-state index in [1.807, 2.05) is 48.5 Å². The fourth-order valence-electron chi connectivity index (χ4n) is 3.99. The van der Waals surface area contributed by atoms with Crippen LogP contribution in [-0.4, -0.2) is 43.6 Å². The summed E-state index contributed by atoms with van der Waals surface area (Å²) in [6.07, 6.45) is 4.81. The van der Waals surface area contributed by atoms with Crippen molar-refractivity contribution in [2.75, 3.05) is 11.4 Å². The number of nitrogens with one attached hydrogen (secondary N) is 2. The number of fused-ring (bicyclic) bond motifs is 1. The van der Waals surface area contributed by atoms with Gasteiger partial charge in [-0.1, -0.05) is 30.3 Å². The normalized spacial score (nSPS) is 16.1. The third kappa shape index (κ3) is 3.47. The van der Waals surface area contributed by atoms with Gasteiger partial charge in [-0.3, -0.25) is 9.89 Å². The second-order valence-corrected chi connectivity index (χ2v) is 7.32. The summed E-state index contributed by atoms with van der Waals surface area (Å²) in [4.78, 5) is 28.1. The van der Waals surface area contributed by atoms with E-state index in [0.29, 0.717) is 12.4 Å². The molecule has 4 aromatic rings. The molecule has 0 unspecified atom stereocenters. The number of rotatable bonds is 5. The van der Waals surface area contributed by atoms with Crippen LogP contribution in [0.2, 0.25) is 0 Å². The Morgan fingerprint density at radius 1 is 1.10 bits per heavy atom. The molecule has 1 atom stereocenters. The van der Waals surface area contributed by atoms with Crippen LogP contribution in [-0.2, 0) is 11.3 Å². The second-order valence-electron chi connectivity index (χ2n) is 7.32. The molecule has 3 heterocycles. The summed E-state index contributed by atoms with van der Waals surface area (Å²) >= 11 is 0. The Kier molecular flexibility index (Phi) is 4.80. The van der Waals surface area contributed by atoms with Crippen molar-refractivity contribution in [2.45, 2.75) is 25.4 Å². The minimum Gasteiger partial charge on any atom is -0.350 e. The Labute approximate surface area is 173 Å². The number of hydrogen-bond donors (Lipinski definition) is 2. The maximum atomic E-state index is 13.0. The number of nitrogens with zero attached hydrogens (tertiary/aromatic N) is 5. The van der Waals surface area contributed by atoms with Crippen LogP contribution in [0.4, 0.5) is 5.82 Å². The topological polar surface area (TPSA) is 99.7 Å². The summed E-state index contributed by atoms with van der Waals surface area (Å²) in [5, 5.41) is 10.8. The second kappa shape index (κ2) is 7.90. The molecule has 8 nitrogen and oxygen atoms in total. The number of anilines is 1. The average Bonchev–Trinajstić information content (AvgIpc) is 3.50. The highest BCUT2D eigenvalue weighted by Crippen LogP contribution is 2.29. The fourth-order valence-corrected chi connectivity index (χ4v) is 3.99. The Balaban J connectivity index is 1.32. The maximum absolute atomic E-state index is 13.0. The molecule has 0 saturated carbocycles. The van der Waals surface area contributed by atoms with Gasteiger partial charge in [0.1, 0.15) is 24.5 Å². The van der Waals surface area contributed by atoms with E-state index < -0.39 is 0 Å². The first-order valence-corrected chi connectivity index (χ1v) is 9.98. The highest BCUT2D eigenvalue weighted by Gasteiger charge is 2.32. The number of H-pyrrole nitrogens is 1. The number of carbonyl (C=O) groups is 1. The lowest BCUT2D eigenvalue weighted by Crippen LogP contribution is -2.43. The summed E-state index contributed by atoms with van der Waals surface area (Å²) < 4.78 is 0. The van der Waals surface area contributed by atoms with Crippen LogP contribution < -0.4 is 10.2 Å². The van der Waals surface area contributed by atoms with Gasteiger partial charge in [-0.2, -0.15) is 5.10 Å². The molecule has 5 rings (SSSR count). The number of hydrogen-bond acceptors (Lipinski definition) is 6. The maximum Gasteiger partial charge on any atom is 0.243 e. The van der Waals surface area contributed by atoms with E-state index in [1.165, 1.54) is 6.33 Å². The van der Waals surface area contributed by atoms with E-state index in [9.17, 15) is 4.79 Å². The molecule has 0 spiro atoms. The lowest BCUT2D eigenvalue weighted by Gasteiger charge is -2.25. The van der Waals surface area contributed by atoms with Crippen molar-refractivity contribution in [1.29, 1.82) is 0 Å². The van der Waals surface area contributed by atoms with Gasteiger partial charge in [-0.25, -0.2) is 15.0 Å². The monoisotopic (exact) mass is 399 g/mol. The van der Waals surface area contributed by atoms with Gasteiger partial charge in [-0.05, 0) is 36.6 Å². The molecular formula is C22H21N7O. The van der Waals surface area contributed by atoms with Crippen molar-refractivity contribution >= 4 is 22.6 Å². The van der Waals surface area contributed by atoms with E-state index in [4.69, 9.17) is 0 Å². The minimum absolute atomic E-state index is 0.0141. The molecule has 30 heavy (non-hydrogen) atoms. The Morgan fingerprint density at radius 3 is 2.93 bits per heavy atom. The van der Waals surface area contributed by atoms with Crippen LogP contribution in [0.15, 0.2) is 61.2 Å². The summed E-state index contributed by atoms with van der Waals surface area (Å²) in [5.74, 6) is 1.55. The lowest BCUT2D eigenvalue weighted by molar-refractivity contribution is -0.122. The SMILES string of the molecule is O=C(NCc1cccc(-c2ncn[nH]2)c1)[C@H]1CCCN1c1ncnc2ccccc12. The predicted octanol–water partition coefficient (Wildman–Crippen LogP) is 2.70. The summed E-state index contributed by atoms with van der Waals surface area (Å²) in [5.41, 5.74) is 2.83. The first-order valence-electron chi connectivity index (χ1n) is 9.98. The number of amides is 1. The van der Waals surface area contributed by atoms with Crippen LogP contribution in [0.25, 0.3) is 22.3 Å². The van der Waals surface area contributed by atoms with Gasteiger partial charge < -0.3 is 10.2 Å². The molecule has 8 heteroatoms. The van der Waals surface area contributed by atoms with Crippen molar-refractivity contribution in [3.05, 3.63) is 66.7 Å². The van der Waals surface area contributed by atoms with Crippen molar-refractivity contribution in [2.24, 2.45) is 0 Å². The van der Waals surface area contributed by atoms with E-state index in [2.05, 4.69) is 35.4 Å². The Bertz CT molecular complexity index is 1170. The Hall–Kier alpha value is -3.81. The zero-order chi connectivity index (χ0) is 20.3. The third-order valence-corrected chi connectivity index (χ3v) is 5.43. The van der Waals surface area contributed by atoms with Crippen molar-refractivity contribution in [1.82, 2.24) is 30.5 Å². The van der Waals surface area contributed by atoms with Crippen molar-refractivity contribution in [3.8, 4) is 11.4 Å².